The summed E-state index contributed by atoms with van der Waals surface area (Å²) in [4.78, 5) is 1.39. The van der Waals surface area contributed by atoms with Gasteiger partial charge in [-0.15, -0.1) is 11.3 Å². The summed E-state index contributed by atoms with van der Waals surface area (Å²) in [6, 6.07) is 10.7. The van der Waals surface area contributed by atoms with Crippen LogP contribution in [-0.4, -0.2) is 6.61 Å². The van der Waals surface area contributed by atoms with Gasteiger partial charge in [-0.3, -0.25) is 0 Å². The number of aryl methyl sites for hydroxylation is 1. The van der Waals surface area contributed by atoms with Crippen LogP contribution in [0.25, 0.3) is 0 Å². The number of rotatable bonds is 6. The first-order valence-electron chi connectivity index (χ1n) is 7.09. The minimum atomic E-state index is 0.315. The van der Waals surface area contributed by atoms with Gasteiger partial charge in [0.15, 0.2) is 0 Å². The first-order valence-corrected chi connectivity index (χ1v) is 7.97. The number of nitrogens with one attached hydrogen (secondary N) is 1. The van der Waals surface area contributed by atoms with Crippen molar-refractivity contribution in [3.05, 3.63) is 46.2 Å². The molecule has 0 radical (unpaired) electrons. The monoisotopic (exact) mass is 289 g/mol. The average Bonchev–Trinajstić information content (AvgIpc) is 2.83. The fourth-order valence-electron chi connectivity index (χ4n) is 2.08. The number of anilines is 1. The number of ether oxygens (including phenoxy) is 1. The van der Waals surface area contributed by atoms with E-state index in [0.717, 1.165) is 18.0 Å². The highest BCUT2D eigenvalue weighted by atomic mass is 32.1. The highest BCUT2D eigenvalue weighted by molar-refractivity contribution is 7.10. The molecule has 0 aliphatic rings. The lowest BCUT2D eigenvalue weighted by Crippen LogP contribution is -2.07. The third-order valence-electron chi connectivity index (χ3n) is 3.10. The van der Waals surface area contributed by atoms with Crippen LogP contribution in [0.3, 0.4) is 0 Å². The Bertz CT molecular complexity index is 547. The van der Waals surface area contributed by atoms with Crippen LogP contribution >= 0.6 is 11.3 Å². The molecule has 1 N–H and O–H groups in total. The van der Waals surface area contributed by atoms with Crippen molar-refractivity contribution >= 4 is 17.0 Å². The van der Waals surface area contributed by atoms with Crippen LogP contribution in [0.5, 0.6) is 5.75 Å². The van der Waals surface area contributed by atoms with Gasteiger partial charge in [-0.05, 0) is 48.9 Å². The van der Waals surface area contributed by atoms with Gasteiger partial charge in [-0.1, -0.05) is 19.9 Å². The van der Waals surface area contributed by atoms with Crippen LogP contribution in [0.4, 0.5) is 5.69 Å². The number of thiophene rings is 1. The molecule has 2 rings (SSSR count). The van der Waals surface area contributed by atoms with Gasteiger partial charge in [-0.2, -0.15) is 0 Å². The van der Waals surface area contributed by atoms with E-state index in [-0.39, 0.29) is 0 Å². The van der Waals surface area contributed by atoms with E-state index in [1.165, 1.54) is 10.4 Å². The highest BCUT2D eigenvalue weighted by Crippen LogP contribution is 2.28. The van der Waals surface area contributed by atoms with Crippen LogP contribution in [0.15, 0.2) is 35.7 Å². The summed E-state index contributed by atoms with van der Waals surface area (Å²) in [6.45, 7) is 9.42. The maximum Gasteiger partial charge on any atom is 0.121 e. The van der Waals surface area contributed by atoms with Crippen molar-refractivity contribution in [1.82, 2.24) is 0 Å². The number of hydrogen-bond donors (Lipinski definition) is 1. The molecule has 0 saturated carbocycles. The van der Waals surface area contributed by atoms with E-state index in [0.29, 0.717) is 12.0 Å². The molecule has 0 aliphatic heterocycles. The Kier molecular flexibility index (Phi) is 5.07. The quantitative estimate of drug-likeness (QED) is 0.782. The minimum Gasteiger partial charge on any atom is -0.493 e. The molecule has 0 spiro atoms. The van der Waals surface area contributed by atoms with Gasteiger partial charge in [-0.25, -0.2) is 0 Å². The standard InChI is InChI=1S/C17H23NOS/c1-12(2)11-19-16-7-5-6-15(10-16)18-14(4)17-13(3)8-9-20-17/h5-10,12,14,18H,11H2,1-4H3. The summed E-state index contributed by atoms with van der Waals surface area (Å²) in [5, 5.41) is 5.69. The lowest BCUT2D eigenvalue weighted by Gasteiger charge is -2.16. The molecule has 3 heteroatoms. The summed E-state index contributed by atoms with van der Waals surface area (Å²) in [6.07, 6.45) is 0. The highest BCUT2D eigenvalue weighted by Gasteiger charge is 2.10. The Morgan fingerprint density at radius 2 is 2.00 bits per heavy atom. The maximum absolute atomic E-state index is 5.77. The van der Waals surface area contributed by atoms with E-state index >= 15 is 0 Å². The summed E-state index contributed by atoms with van der Waals surface area (Å²) in [7, 11) is 0. The van der Waals surface area contributed by atoms with Crippen LogP contribution < -0.4 is 10.1 Å². The van der Waals surface area contributed by atoms with Gasteiger partial charge in [0.25, 0.3) is 0 Å². The zero-order valence-corrected chi connectivity index (χ0v) is 13.5. The molecule has 0 amide bonds. The zero-order chi connectivity index (χ0) is 14.5. The average molecular weight is 289 g/mol. The molecule has 108 valence electrons. The summed E-state index contributed by atoms with van der Waals surface area (Å²) in [5.41, 5.74) is 2.45. The Morgan fingerprint density at radius 3 is 2.65 bits per heavy atom. The molecule has 2 aromatic rings. The second-order valence-electron chi connectivity index (χ2n) is 5.57. The fourth-order valence-corrected chi connectivity index (χ4v) is 3.02. The van der Waals surface area contributed by atoms with E-state index in [1.54, 1.807) is 11.3 Å². The normalized spacial score (nSPS) is 12.4. The second-order valence-corrected chi connectivity index (χ2v) is 6.51. The number of hydrogen-bond acceptors (Lipinski definition) is 3. The molecule has 1 atom stereocenters. The minimum absolute atomic E-state index is 0.315. The van der Waals surface area contributed by atoms with Crippen molar-refractivity contribution in [3.63, 3.8) is 0 Å². The predicted molar refractivity (Wildman–Crippen MR) is 87.9 cm³/mol. The third-order valence-corrected chi connectivity index (χ3v) is 4.30. The molecule has 2 nitrogen and oxygen atoms in total. The van der Waals surface area contributed by atoms with Gasteiger partial charge in [0.2, 0.25) is 0 Å². The van der Waals surface area contributed by atoms with E-state index in [4.69, 9.17) is 4.74 Å². The summed E-state index contributed by atoms with van der Waals surface area (Å²) < 4.78 is 5.77. The Labute approximate surface area is 125 Å². The van der Waals surface area contributed by atoms with Gasteiger partial charge in [0, 0.05) is 16.6 Å². The van der Waals surface area contributed by atoms with E-state index in [2.05, 4.69) is 56.6 Å². The van der Waals surface area contributed by atoms with Crippen molar-refractivity contribution in [1.29, 1.82) is 0 Å². The van der Waals surface area contributed by atoms with Crippen molar-refractivity contribution < 1.29 is 4.74 Å². The first kappa shape index (κ1) is 14.9. The first-order chi connectivity index (χ1) is 9.56. The molecule has 0 bridgehead atoms. The Morgan fingerprint density at radius 1 is 1.20 bits per heavy atom. The lowest BCUT2D eigenvalue weighted by atomic mass is 10.2. The van der Waals surface area contributed by atoms with Crippen LogP contribution in [0, 0.1) is 12.8 Å². The van der Waals surface area contributed by atoms with Gasteiger partial charge < -0.3 is 10.1 Å². The van der Waals surface area contributed by atoms with Crippen molar-refractivity contribution in [2.24, 2.45) is 5.92 Å². The molecule has 0 aliphatic carbocycles. The molecule has 1 aromatic heterocycles. The molecule has 0 fully saturated rings. The largest absolute Gasteiger partial charge is 0.493 e. The zero-order valence-electron chi connectivity index (χ0n) is 12.6. The molecular formula is C17H23NOS. The maximum atomic E-state index is 5.77. The predicted octanol–water partition coefficient (Wildman–Crippen LogP) is 5.26. The lowest BCUT2D eigenvalue weighted by molar-refractivity contribution is 0.271. The molecular weight excluding hydrogens is 266 g/mol. The van der Waals surface area contributed by atoms with Gasteiger partial charge in [0.1, 0.15) is 5.75 Å². The van der Waals surface area contributed by atoms with E-state index in [9.17, 15) is 0 Å². The summed E-state index contributed by atoms with van der Waals surface area (Å²) in [5.74, 6) is 1.47. The number of benzene rings is 1. The second kappa shape index (κ2) is 6.80. The third kappa shape index (κ3) is 4.01. The van der Waals surface area contributed by atoms with Crippen molar-refractivity contribution in [2.45, 2.75) is 33.7 Å². The Balaban J connectivity index is 2.02. The van der Waals surface area contributed by atoms with Crippen molar-refractivity contribution in [2.75, 3.05) is 11.9 Å². The van der Waals surface area contributed by atoms with E-state index < -0.39 is 0 Å². The Hall–Kier alpha value is -1.48. The molecule has 1 aromatic carbocycles. The molecule has 0 saturated heterocycles. The topological polar surface area (TPSA) is 21.3 Å². The molecule has 1 heterocycles. The van der Waals surface area contributed by atoms with Gasteiger partial charge >= 0.3 is 0 Å². The van der Waals surface area contributed by atoms with Crippen LogP contribution in [0.1, 0.15) is 37.3 Å². The van der Waals surface area contributed by atoms with E-state index in [1.807, 2.05) is 12.1 Å². The fraction of sp³-hybridized carbons (Fsp3) is 0.412. The van der Waals surface area contributed by atoms with Crippen LogP contribution in [-0.2, 0) is 0 Å². The molecule has 20 heavy (non-hydrogen) atoms. The van der Waals surface area contributed by atoms with Gasteiger partial charge in [0.05, 0.1) is 12.6 Å². The smallest absolute Gasteiger partial charge is 0.121 e. The van der Waals surface area contributed by atoms with Crippen LogP contribution in [0.2, 0.25) is 0 Å². The molecule has 1 unspecified atom stereocenters. The SMILES string of the molecule is Cc1ccsc1C(C)Nc1cccc(OCC(C)C)c1. The van der Waals surface area contributed by atoms with Crippen molar-refractivity contribution in [3.8, 4) is 5.75 Å². The summed E-state index contributed by atoms with van der Waals surface area (Å²) >= 11 is 1.80.